The van der Waals surface area contributed by atoms with Crippen LogP contribution in [0.3, 0.4) is 0 Å². The lowest BCUT2D eigenvalue weighted by molar-refractivity contribution is -0.106. The largest absolute Gasteiger partial charge is 0.372 e. The number of piperidine rings is 1. The summed E-state index contributed by atoms with van der Waals surface area (Å²) in [5.41, 5.74) is 7.92. The molecule has 0 unspecified atom stereocenters. The van der Waals surface area contributed by atoms with E-state index in [0.29, 0.717) is 5.56 Å². The molecule has 0 spiro atoms. The van der Waals surface area contributed by atoms with Crippen LogP contribution in [-0.4, -0.2) is 53.5 Å². The second-order valence-corrected chi connectivity index (χ2v) is 6.94. The number of rotatable bonds is 2. The fraction of sp³-hybridized carbons (Fsp3) is 0.318. The van der Waals surface area contributed by atoms with Crippen molar-refractivity contribution in [3.05, 3.63) is 59.9 Å². The number of benzene rings is 1. The number of aldehydes is 1. The summed E-state index contributed by atoms with van der Waals surface area (Å²) in [7, 11) is 2.03. The van der Waals surface area contributed by atoms with E-state index < -0.39 is 6.17 Å². The molecule has 3 heterocycles. The van der Waals surface area contributed by atoms with Crippen molar-refractivity contribution in [2.75, 3.05) is 20.1 Å². The molecule has 3 aromatic rings. The highest BCUT2D eigenvalue weighted by molar-refractivity contribution is 5.85. The number of aryl methyl sites for hydroxylation is 1. The number of aromatic nitrogens is 2. The molecule has 1 amide bonds. The fourth-order valence-corrected chi connectivity index (χ4v) is 3.07. The van der Waals surface area contributed by atoms with Crippen LogP contribution >= 0.6 is 0 Å². The van der Waals surface area contributed by atoms with Crippen LogP contribution in [0.15, 0.2) is 48.8 Å². The molecule has 29 heavy (non-hydrogen) atoms. The normalized spacial score (nSPS) is 14.3. The Morgan fingerprint density at radius 3 is 2.45 bits per heavy atom. The molecule has 7 heteroatoms. The number of carbonyl (C=O) groups excluding carboxylic acids is 2. The predicted octanol–water partition coefficient (Wildman–Crippen LogP) is 3.30. The van der Waals surface area contributed by atoms with Crippen LogP contribution in [-0.2, 0) is 4.79 Å². The zero-order chi connectivity index (χ0) is 21.2. The minimum atomic E-state index is -0.522. The molecule has 1 aliphatic rings. The van der Waals surface area contributed by atoms with Crippen molar-refractivity contribution in [2.45, 2.75) is 25.9 Å². The van der Waals surface area contributed by atoms with Gasteiger partial charge in [0, 0.05) is 42.1 Å². The first-order valence-electron chi connectivity index (χ1n) is 9.45. The van der Waals surface area contributed by atoms with E-state index >= 15 is 0 Å². The molecule has 6 nitrogen and oxygen atoms in total. The molecule has 4 rings (SSSR count). The topological polar surface area (TPSA) is 81.2 Å². The number of hydrogen-bond acceptors (Lipinski definition) is 4. The molecular weight excluding hydrogens is 371 g/mol. The number of halogens is 1. The number of nitrogens with zero attached hydrogens (tertiary/aromatic N) is 3. The molecule has 1 aliphatic heterocycles. The summed E-state index contributed by atoms with van der Waals surface area (Å²) < 4.78 is 14.4. The smallest absolute Gasteiger partial charge is 0.204 e. The summed E-state index contributed by atoms with van der Waals surface area (Å²) in [6.45, 7) is 3.93. The van der Waals surface area contributed by atoms with Crippen LogP contribution in [0.5, 0.6) is 0 Å². The fourth-order valence-electron chi connectivity index (χ4n) is 3.07. The molecule has 0 bridgehead atoms. The molecule has 2 N–H and O–H groups in total. The Kier molecular flexibility index (Phi) is 8.48. The third-order valence-electron chi connectivity index (χ3n) is 4.61. The van der Waals surface area contributed by atoms with Gasteiger partial charge in [0.1, 0.15) is 11.8 Å². The average molecular weight is 398 g/mol. The molecule has 1 aromatic carbocycles. The average Bonchev–Trinajstić information content (AvgIpc) is 3.14. The monoisotopic (exact) mass is 398 g/mol. The van der Waals surface area contributed by atoms with Crippen LogP contribution in [0.2, 0.25) is 0 Å². The van der Waals surface area contributed by atoms with E-state index in [1.54, 1.807) is 6.20 Å². The second-order valence-electron chi connectivity index (χ2n) is 6.94. The van der Waals surface area contributed by atoms with Gasteiger partial charge in [-0.2, -0.15) is 0 Å². The molecule has 1 saturated heterocycles. The number of nitrogens with two attached hydrogens (primary N) is 1. The Labute approximate surface area is 170 Å². The number of alkyl halides is 1. The maximum atomic E-state index is 12.3. The first kappa shape index (κ1) is 22.2. The van der Waals surface area contributed by atoms with Crippen LogP contribution in [0.25, 0.3) is 16.7 Å². The maximum absolute atomic E-state index is 12.3. The number of hydrogen-bond donors (Lipinski definition) is 1. The van der Waals surface area contributed by atoms with Gasteiger partial charge in [-0.05, 0) is 56.6 Å². The van der Waals surface area contributed by atoms with Gasteiger partial charge in [-0.15, -0.1) is 0 Å². The highest BCUT2D eigenvalue weighted by Gasteiger charge is 2.14. The van der Waals surface area contributed by atoms with Gasteiger partial charge >= 0.3 is 0 Å². The Morgan fingerprint density at radius 2 is 1.86 bits per heavy atom. The van der Waals surface area contributed by atoms with Crippen molar-refractivity contribution < 1.29 is 14.0 Å². The van der Waals surface area contributed by atoms with Crippen molar-refractivity contribution >= 4 is 23.7 Å². The van der Waals surface area contributed by atoms with E-state index in [2.05, 4.69) is 34.7 Å². The van der Waals surface area contributed by atoms with Gasteiger partial charge < -0.3 is 15.2 Å². The quantitative estimate of drug-likeness (QED) is 0.672. The number of carbonyl (C=O) groups is 2. The van der Waals surface area contributed by atoms with Crippen LogP contribution in [0, 0.1) is 6.92 Å². The van der Waals surface area contributed by atoms with Crippen LogP contribution in [0.1, 0.15) is 28.8 Å². The first-order chi connectivity index (χ1) is 14.0. The summed E-state index contributed by atoms with van der Waals surface area (Å²) in [5.74, 6) is 0. The number of likely N-dealkylation sites (tertiary alicyclic amines) is 1. The van der Waals surface area contributed by atoms with E-state index in [4.69, 9.17) is 4.79 Å². The van der Waals surface area contributed by atoms with E-state index in [-0.39, 0.29) is 6.41 Å². The minimum Gasteiger partial charge on any atom is -0.372 e. The highest BCUT2D eigenvalue weighted by atomic mass is 19.1. The zero-order valence-electron chi connectivity index (χ0n) is 16.8. The molecule has 154 valence electrons. The van der Waals surface area contributed by atoms with Gasteiger partial charge in [-0.3, -0.25) is 9.59 Å². The lowest BCUT2D eigenvalue weighted by Crippen LogP contribution is -2.30. The maximum Gasteiger partial charge on any atom is 0.204 e. The standard InChI is InChI=1S/C15H12N2O.C6H12FN.CH3NO/c1-11-3-2-4-14(7-11)17-6-5-13-8-12(10-18)9-16-15(13)17;1-8-4-2-6(7)3-5-8;2-1-3/h2-10H,1H3;6H,2-5H2,1H3;1H,(H2,2,3). The second kappa shape index (κ2) is 11.1. The molecule has 2 aromatic heterocycles. The van der Waals surface area contributed by atoms with Gasteiger partial charge in [-0.1, -0.05) is 12.1 Å². The van der Waals surface area contributed by atoms with Gasteiger partial charge in [0.2, 0.25) is 6.41 Å². The van der Waals surface area contributed by atoms with Crippen molar-refractivity contribution in [3.8, 4) is 5.69 Å². The summed E-state index contributed by atoms with van der Waals surface area (Å²) in [4.78, 5) is 25.8. The van der Waals surface area contributed by atoms with E-state index in [9.17, 15) is 9.18 Å². The Morgan fingerprint density at radius 1 is 1.17 bits per heavy atom. The lowest BCUT2D eigenvalue weighted by Gasteiger charge is -2.23. The number of pyridine rings is 1. The summed E-state index contributed by atoms with van der Waals surface area (Å²) in [6.07, 6.45) is 5.58. The highest BCUT2D eigenvalue weighted by Crippen LogP contribution is 2.19. The van der Waals surface area contributed by atoms with E-state index in [1.807, 2.05) is 42.1 Å². The molecule has 1 fully saturated rings. The van der Waals surface area contributed by atoms with Gasteiger partial charge in [-0.25, -0.2) is 9.37 Å². The molecule has 0 aliphatic carbocycles. The molecule has 0 saturated carbocycles. The number of primary amides is 1. The van der Waals surface area contributed by atoms with Crippen molar-refractivity contribution in [3.63, 3.8) is 0 Å². The minimum absolute atomic E-state index is 0.250. The van der Waals surface area contributed by atoms with E-state index in [1.165, 1.54) is 5.56 Å². The first-order valence-corrected chi connectivity index (χ1v) is 9.45. The van der Waals surface area contributed by atoms with Crippen molar-refractivity contribution in [2.24, 2.45) is 5.73 Å². The SMILES string of the molecule is CN1CCC(F)CC1.Cc1cccc(-n2ccc3cc(C=O)cnc32)c1.NC=O. The third-order valence-corrected chi connectivity index (χ3v) is 4.61. The summed E-state index contributed by atoms with van der Waals surface area (Å²) in [5, 5.41) is 0.973. The summed E-state index contributed by atoms with van der Waals surface area (Å²) >= 11 is 0. The number of amides is 1. The van der Waals surface area contributed by atoms with Gasteiger partial charge in [0.15, 0.2) is 6.29 Å². The molecule has 0 radical (unpaired) electrons. The predicted molar refractivity (Wildman–Crippen MR) is 113 cm³/mol. The molecular formula is C22H27FN4O2. The Hall–Kier alpha value is -3.06. The lowest BCUT2D eigenvalue weighted by atomic mass is 10.1. The molecule has 0 atom stereocenters. The van der Waals surface area contributed by atoms with Crippen LogP contribution < -0.4 is 5.73 Å². The number of fused-ring (bicyclic) bond motifs is 1. The van der Waals surface area contributed by atoms with Crippen molar-refractivity contribution in [1.82, 2.24) is 14.5 Å². The third kappa shape index (κ3) is 6.50. The van der Waals surface area contributed by atoms with Crippen molar-refractivity contribution in [1.29, 1.82) is 0 Å². The van der Waals surface area contributed by atoms with Gasteiger partial charge in [0.25, 0.3) is 0 Å². The van der Waals surface area contributed by atoms with Crippen LogP contribution in [0.4, 0.5) is 4.39 Å². The van der Waals surface area contributed by atoms with E-state index in [0.717, 1.165) is 48.9 Å². The van der Waals surface area contributed by atoms with Gasteiger partial charge in [0.05, 0.1) is 0 Å². The zero-order valence-corrected chi connectivity index (χ0v) is 16.8. The Bertz CT molecular complexity index is 923. The summed E-state index contributed by atoms with van der Waals surface area (Å²) in [6, 6.07) is 12.1. The Balaban J connectivity index is 0.000000228.